The Hall–Kier alpha value is -3.59. The van der Waals surface area contributed by atoms with Crippen molar-refractivity contribution in [1.29, 1.82) is 0 Å². The highest BCUT2D eigenvalue weighted by Crippen LogP contribution is 2.25. The van der Waals surface area contributed by atoms with Crippen molar-refractivity contribution in [2.24, 2.45) is 0 Å². The molecule has 1 aromatic heterocycles. The summed E-state index contributed by atoms with van der Waals surface area (Å²) in [5.41, 5.74) is 5.19. The number of hydrogen-bond acceptors (Lipinski definition) is 2. The van der Waals surface area contributed by atoms with Gasteiger partial charge in [-0.25, -0.2) is 4.68 Å². The van der Waals surface area contributed by atoms with Crippen LogP contribution in [0.4, 0.5) is 0 Å². The number of ether oxygens (including phenoxy) is 1. The van der Waals surface area contributed by atoms with E-state index in [-0.39, 0.29) is 0 Å². The van der Waals surface area contributed by atoms with Crippen LogP contribution in [-0.2, 0) is 0 Å². The van der Waals surface area contributed by atoms with E-state index >= 15 is 0 Å². The molecule has 0 amide bonds. The summed E-state index contributed by atoms with van der Waals surface area (Å²) in [7, 11) is 1.67. The molecule has 1 heterocycles. The Kier molecular flexibility index (Phi) is 4.84. The van der Waals surface area contributed by atoms with E-state index in [0.29, 0.717) is 0 Å². The summed E-state index contributed by atoms with van der Waals surface area (Å²) in [6.07, 6.45) is 4.20. The lowest BCUT2D eigenvalue weighted by atomic mass is 10.1. The van der Waals surface area contributed by atoms with Gasteiger partial charge in [0.2, 0.25) is 0 Å². The number of rotatable bonds is 5. The highest BCUT2D eigenvalue weighted by molar-refractivity contribution is 5.72. The van der Waals surface area contributed by atoms with Crippen molar-refractivity contribution in [3.8, 4) is 22.7 Å². The van der Waals surface area contributed by atoms with Gasteiger partial charge in [-0.1, -0.05) is 54.6 Å². The number of nitrogens with zero attached hydrogens (tertiary/aromatic N) is 2. The molecule has 3 heteroatoms. The largest absolute Gasteiger partial charge is 0.497 e. The smallest absolute Gasteiger partial charge is 0.118 e. The molecule has 0 bridgehead atoms. The highest BCUT2D eigenvalue weighted by Gasteiger charge is 2.09. The van der Waals surface area contributed by atoms with Gasteiger partial charge in [0.1, 0.15) is 5.75 Å². The van der Waals surface area contributed by atoms with Gasteiger partial charge in [0.25, 0.3) is 0 Å². The molecule has 0 saturated heterocycles. The first kappa shape index (κ1) is 16.9. The zero-order chi connectivity index (χ0) is 18.5. The van der Waals surface area contributed by atoms with Gasteiger partial charge in [0, 0.05) is 5.56 Å². The molecule has 3 aromatic carbocycles. The van der Waals surface area contributed by atoms with Crippen molar-refractivity contribution in [2.45, 2.75) is 0 Å². The molecule has 0 aliphatic heterocycles. The molecule has 0 spiro atoms. The molecule has 4 rings (SSSR count). The summed E-state index contributed by atoms with van der Waals surface area (Å²) in [5, 5.41) is 4.84. The minimum absolute atomic E-state index is 0.838. The molecular weight excluding hydrogens is 332 g/mol. The van der Waals surface area contributed by atoms with Crippen LogP contribution in [0.25, 0.3) is 29.1 Å². The highest BCUT2D eigenvalue weighted by atomic mass is 16.5. The number of hydrogen-bond donors (Lipinski definition) is 0. The molecular formula is C24H20N2O. The van der Waals surface area contributed by atoms with E-state index in [1.807, 2.05) is 65.3 Å². The molecule has 0 N–H and O–H groups in total. The number of aromatic nitrogens is 2. The van der Waals surface area contributed by atoms with E-state index in [2.05, 4.69) is 42.5 Å². The van der Waals surface area contributed by atoms with Crippen LogP contribution in [0.5, 0.6) is 5.75 Å². The van der Waals surface area contributed by atoms with Crippen LogP contribution in [0.2, 0.25) is 0 Å². The summed E-state index contributed by atoms with van der Waals surface area (Å²) in [4.78, 5) is 0. The Bertz CT molecular complexity index is 1030. The van der Waals surface area contributed by atoms with Crippen LogP contribution in [0.1, 0.15) is 11.3 Å². The zero-order valence-electron chi connectivity index (χ0n) is 15.1. The van der Waals surface area contributed by atoms with Crippen molar-refractivity contribution in [3.05, 3.63) is 102 Å². The fourth-order valence-corrected chi connectivity index (χ4v) is 2.94. The van der Waals surface area contributed by atoms with Crippen molar-refractivity contribution >= 4 is 12.2 Å². The third-order valence-electron chi connectivity index (χ3n) is 4.37. The van der Waals surface area contributed by atoms with E-state index in [4.69, 9.17) is 9.84 Å². The van der Waals surface area contributed by atoms with Crippen LogP contribution >= 0.6 is 0 Å². The predicted molar refractivity (Wildman–Crippen MR) is 111 cm³/mol. The Morgan fingerprint density at radius 2 is 1.44 bits per heavy atom. The molecule has 132 valence electrons. The van der Waals surface area contributed by atoms with Crippen molar-refractivity contribution in [3.63, 3.8) is 0 Å². The lowest BCUT2D eigenvalue weighted by Crippen LogP contribution is -1.98. The second-order valence-corrected chi connectivity index (χ2v) is 6.17. The van der Waals surface area contributed by atoms with Crippen molar-refractivity contribution in [1.82, 2.24) is 9.78 Å². The topological polar surface area (TPSA) is 27.1 Å². The van der Waals surface area contributed by atoms with Gasteiger partial charge in [-0.15, -0.1) is 0 Å². The number of para-hydroxylation sites is 1. The van der Waals surface area contributed by atoms with E-state index in [1.165, 1.54) is 0 Å². The molecule has 0 radical (unpaired) electrons. The second-order valence-electron chi connectivity index (χ2n) is 6.17. The Morgan fingerprint density at radius 1 is 0.778 bits per heavy atom. The normalized spacial score (nSPS) is 11.0. The molecule has 27 heavy (non-hydrogen) atoms. The Labute approximate surface area is 159 Å². The van der Waals surface area contributed by atoms with Gasteiger partial charge >= 0.3 is 0 Å². The molecule has 0 saturated carbocycles. The summed E-state index contributed by atoms with van der Waals surface area (Å²) >= 11 is 0. The van der Waals surface area contributed by atoms with Crippen LogP contribution in [0.15, 0.2) is 91.0 Å². The summed E-state index contributed by atoms with van der Waals surface area (Å²) in [6, 6.07) is 30.5. The lowest BCUT2D eigenvalue weighted by molar-refractivity contribution is 0.415. The summed E-state index contributed by atoms with van der Waals surface area (Å²) in [6.45, 7) is 0. The standard InChI is InChI=1S/C24H20N2O/c1-27-23-16-13-20(14-17-23)24-18-22(15-12-19-8-4-2-5-9-19)26(25-24)21-10-6-3-7-11-21/h2-18H,1H3/b15-12+. The molecule has 4 aromatic rings. The monoisotopic (exact) mass is 352 g/mol. The quantitative estimate of drug-likeness (QED) is 0.459. The minimum atomic E-state index is 0.838. The maximum absolute atomic E-state index is 5.25. The maximum Gasteiger partial charge on any atom is 0.118 e. The Morgan fingerprint density at radius 3 is 2.11 bits per heavy atom. The zero-order valence-corrected chi connectivity index (χ0v) is 15.1. The third kappa shape index (κ3) is 3.82. The summed E-state index contributed by atoms with van der Waals surface area (Å²) in [5.74, 6) is 0.838. The molecule has 0 atom stereocenters. The van der Waals surface area contributed by atoms with Crippen LogP contribution in [0.3, 0.4) is 0 Å². The minimum Gasteiger partial charge on any atom is -0.497 e. The maximum atomic E-state index is 5.25. The average Bonchev–Trinajstić information content (AvgIpc) is 3.18. The van der Waals surface area contributed by atoms with Gasteiger partial charge in [-0.3, -0.25) is 0 Å². The van der Waals surface area contributed by atoms with Crippen LogP contribution in [-0.4, -0.2) is 16.9 Å². The van der Waals surface area contributed by atoms with Crippen molar-refractivity contribution < 1.29 is 4.74 Å². The average molecular weight is 352 g/mol. The number of methoxy groups -OCH3 is 1. The van der Waals surface area contributed by atoms with Gasteiger partial charge in [0.15, 0.2) is 0 Å². The molecule has 0 aliphatic carbocycles. The van der Waals surface area contributed by atoms with Gasteiger partial charge in [0.05, 0.1) is 24.2 Å². The van der Waals surface area contributed by atoms with Gasteiger partial charge in [-0.05, 0) is 54.1 Å². The SMILES string of the molecule is COc1ccc(-c2cc(/C=C/c3ccccc3)n(-c3ccccc3)n2)cc1. The summed E-state index contributed by atoms with van der Waals surface area (Å²) < 4.78 is 7.23. The first-order valence-corrected chi connectivity index (χ1v) is 8.86. The number of benzene rings is 3. The molecule has 0 fully saturated rings. The fraction of sp³-hybridized carbons (Fsp3) is 0.0417. The second kappa shape index (κ2) is 7.75. The van der Waals surface area contributed by atoms with Crippen LogP contribution in [0, 0.1) is 0 Å². The van der Waals surface area contributed by atoms with Gasteiger partial charge < -0.3 is 4.74 Å². The fourth-order valence-electron chi connectivity index (χ4n) is 2.94. The van der Waals surface area contributed by atoms with E-state index in [0.717, 1.165) is 34.0 Å². The molecule has 0 unspecified atom stereocenters. The van der Waals surface area contributed by atoms with Crippen molar-refractivity contribution in [2.75, 3.05) is 7.11 Å². The van der Waals surface area contributed by atoms with E-state index < -0.39 is 0 Å². The first-order valence-electron chi connectivity index (χ1n) is 8.86. The molecule has 3 nitrogen and oxygen atoms in total. The van der Waals surface area contributed by atoms with Gasteiger partial charge in [-0.2, -0.15) is 5.10 Å². The third-order valence-corrected chi connectivity index (χ3v) is 4.37. The van der Waals surface area contributed by atoms with E-state index in [1.54, 1.807) is 7.11 Å². The predicted octanol–water partition coefficient (Wildman–Crippen LogP) is 5.72. The Balaban J connectivity index is 1.76. The van der Waals surface area contributed by atoms with E-state index in [9.17, 15) is 0 Å². The first-order chi connectivity index (χ1) is 13.3. The molecule has 0 aliphatic rings. The lowest BCUT2D eigenvalue weighted by Gasteiger charge is -2.04. The van der Waals surface area contributed by atoms with Crippen LogP contribution < -0.4 is 4.74 Å².